The summed E-state index contributed by atoms with van der Waals surface area (Å²) in [4.78, 5) is 73.4. The third-order valence-electron chi connectivity index (χ3n) is 15.9. The van der Waals surface area contributed by atoms with Crippen molar-refractivity contribution < 1.29 is 38.1 Å². The number of esters is 4. The number of nitrogens with zero attached hydrogens (tertiary/aromatic N) is 2. The zero-order valence-corrected chi connectivity index (χ0v) is 38.0. The summed E-state index contributed by atoms with van der Waals surface area (Å²) in [6, 6.07) is 8.64. The Morgan fingerprint density at radius 1 is 0.348 bits per heavy atom. The highest BCUT2D eigenvalue weighted by Crippen LogP contribution is 2.46. The summed E-state index contributed by atoms with van der Waals surface area (Å²) in [5.74, 6) is -1.65. The fourth-order valence-electron chi connectivity index (χ4n) is 12.8. The van der Waals surface area contributed by atoms with Gasteiger partial charge < -0.3 is 28.9 Å². The fraction of sp³-hybridized carbons (Fsp3) is 0.556. The largest absolute Gasteiger partial charge is 0.462 e. The van der Waals surface area contributed by atoms with Gasteiger partial charge in [-0.3, -0.25) is 19.2 Å². The minimum absolute atomic E-state index is 0.101. The van der Waals surface area contributed by atoms with Gasteiger partial charge in [-0.05, 0) is 138 Å². The highest BCUT2D eigenvalue weighted by atomic mass is 16.6. The summed E-state index contributed by atoms with van der Waals surface area (Å²) >= 11 is 0. The maximum Gasteiger partial charge on any atom is 0.306 e. The van der Waals surface area contributed by atoms with Crippen molar-refractivity contribution in [1.82, 2.24) is 19.9 Å². The van der Waals surface area contributed by atoms with Crippen molar-refractivity contribution in [2.24, 2.45) is 0 Å². The van der Waals surface area contributed by atoms with E-state index in [1.165, 1.54) is 0 Å². The molecule has 2 N–H and O–H groups in total. The summed E-state index contributed by atoms with van der Waals surface area (Å²) in [6.07, 6.45) is 22.4. The van der Waals surface area contributed by atoms with Crippen LogP contribution in [0.15, 0.2) is 24.3 Å². The molecule has 4 fully saturated rings. The van der Waals surface area contributed by atoms with Gasteiger partial charge in [0, 0.05) is 93.7 Å². The Hall–Kier alpha value is -5.52. The Balaban J connectivity index is 1.24. The first kappa shape index (κ1) is 43.1. The van der Waals surface area contributed by atoms with E-state index >= 15 is 0 Å². The van der Waals surface area contributed by atoms with E-state index in [1.54, 1.807) is 0 Å². The number of rotatable bonds is 0. The van der Waals surface area contributed by atoms with E-state index in [9.17, 15) is 19.2 Å². The molecule has 8 atom stereocenters. The monoisotopic (exact) mass is 894 g/mol. The van der Waals surface area contributed by atoms with Crippen LogP contribution in [0.5, 0.6) is 0 Å². The lowest BCUT2D eigenvalue weighted by atomic mass is 9.80. The number of carbonyl (C=O) groups excluding carboxylic acids is 4. The molecule has 66 heavy (non-hydrogen) atoms. The van der Waals surface area contributed by atoms with Gasteiger partial charge >= 0.3 is 23.9 Å². The first-order valence-electron chi connectivity index (χ1n) is 25.3. The lowest BCUT2D eigenvalue weighted by Crippen LogP contribution is -2.30. The van der Waals surface area contributed by atoms with Crippen LogP contribution >= 0.6 is 0 Å². The van der Waals surface area contributed by atoms with Gasteiger partial charge in [0.05, 0.1) is 22.8 Å². The minimum Gasteiger partial charge on any atom is -0.462 e. The third kappa shape index (κ3) is 8.53. The zero-order valence-electron chi connectivity index (χ0n) is 38.0. The standard InChI is InChI=1S/C54H62N4O8/c59-47-19-9-20-48(60)64-44-16-6-2-12-32(44)52-36-24-23-35(55-36)51(31-11-1-5-15-43(31)63-47)39-27-28-40(57-39)53-33-13-3-7-17-45(33)65-49(61)21-10-22-50(62)66-46-18-8-4-14-34(46)54(38-26-25-37(53)56-38)42-30-29-41(52)58-42/h23-34,43-46,55,57H,1-22H2/t31-,32-,33-,34-,43-,44-,45-,46-/m0/s1. The van der Waals surface area contributed by atoms with E-state index < -0.39 is 0 Å². The van der Waals surface area contributed by atoms with E-state index in [0.717, 1.165) is 170 Å². The van der Waals surface area contributed by atoms with Crippen LogP contribution in [0.2, 0.25) is 0 Å². The predicted octanol–water partition coefficient (Wildman–Crippen LogP) is 11.3. The molecule has 0 spiro atoms. The number of H-pyrrole nitrogens is 2. The molecule has 3 aromatic heterocycles. The van der Waals surface area contributed by atoms with Crippen molar-refractivity contribution in [3.8, 4) is 0 Å². The van der Waals surface area contributed by atoms with E-state index in [4.69, 9.17) is 28.9 Å². The molecule has 4 aliphatic heterocycles. The van der Waals surface area contributed by atoms with Gasteiger partial charge in [0.1, 0.15) is 24.4 Å². The first-order chi connectivity index (χ1) is 32.3. The van der Waals surface area contributed by atoms with E-state index in [-0.39, 0.29) is 97.6 Å². The summed E-state index contributed by atoms with van der Waals surface area (Å²) in [7, 11) is 0. The third-order valence-corrected chi connectivity index (χ3v) is 15.9. The zero-order chi connectivity index (χ0) is 44.7. The van der Waals surface area contributed by atoms with Gasteiger partial charge in [-0.2, -0.15) is 0 Å². The predicted molar refractivity (Wildman–Crippen MR) is 251 cm³/mol. The number of hydrogen-bond acceptors (Lipinski definition) is 10. The van der Waals surface area contributed by atoms with Crippen molar-refractivity contribution in [3.05, 3.63) is 69.3 Å². The molecule has 12 bridgehead atoms. The lowest BCUT2D eigenvalue weighted by Gasteiger charge is -2.33. The average Bonchev–Trinajstić information content (AvgIpc) is 4.16. The highest BCUT2D eigenvalue weighted by Gasteiger charge is 2.39. The van der Waals surface area contributed by atoms with Crippen LogP contribution in [0.25, 0.3) is 46.4 Å². The second-order valence-corrected chi connectivity index (χ2v) is 20.0. The van der Waals surface area contributed by atoms with E-state index in [1.807, 2.05) is 0 Å². The second kappa shape index (κ2) is 18.6. The molecule has 12 nitrogen and oxygen atoms in total. The Morgan fingerprint density at radius 3 is 0.970 bits per heavy atom. The Morgan fingerprint density at radius 2 is 0.621 bits per heavy atom. The molecule has 8 aliphatic rings. The Labute approximate surface area is 385 Å². The minimum atomic E-state index is -0.371. The van der Waals surface area contributed by atoms with Crippen LogP contribution in [0.4, 0.5) is 0 Å². The normalized spacial score (nSPS) is 29.6. The molecular weight excluding hydrogens is 833 g/mol. The summed E-state index contributed by atoms with van der Waals surface area (Å²) in [6.45, 7) is 0. The molecule has 4 aliphatic carbocycles. The molecule has 7 heterocycles. The molecule has 0 amide bonds. The van der Waals surface area contributed by atoms with Crippen LogP contribution in [0.1, 0.15) is 210 Å². The van der Waals surface area contributed by atoms with Crippen LogP contribution in [0.3, 0.4) is 0 Å². The van der Waals surface area contributed by atoms with Crippen LogP contribution in [-0.4, -0.2) is 68.2 Å². The summed E-state index contributed by atoms with van der Waals surface area (Å²) < 4.78 is 25.5. The van der Waals surface area contributed by atoms with Crippen molar-refractivity contribution in [2.75, 3.05) is 0 Å². The molecule has 4 saturated carbocycles. The molecule has 3 aromatic rings. The smallest absolute Gasteiger partial charge is 0.306 e. The van der Waals surface area contributed by atoms with E-state index in [2.05, 4.69) is 58.5 Å². The number of aromatic amines is 2. The Kier molecular flexibility index (Phi) is 12.2. The van der Waals surface area contributed by atoms with Gasteiger partial charge in [0.25, 0.3) is 0 Å². The van der Waals surface area contributed by atoms with Crippen molar-refractivity contribution in [3.63, 3.8) is 0 Å². The van der Waals surface area contributed by atoms with Gasteiger partial charge in [0.2, 0.25) is 0 Å². The molecule has 0 radical (unpaired) electrons. The molecule has 346 valence electrons. The number of carbonyl (C=O) groups is 4. The van der Waals surface area contributed by atoms with Crippen molar-refractivity contribution in [1.29, 1.82) is 0 Å². The molecule has 12 heteroatoms. The first-order valence-corrected chi connectivity index (χ1v) is 25.3. The SMILES string of the molecule is O=C1CCCC(=O)O[C@H]2CCCC[C@@H]2c2c3nc(c(c4nc(c5c6ccc([nH]6)c(c6ccc2[nH]6)[C@H]2CCCC[C@@H]2OC(=O)CCCC(=O)O[C@H]2CCCC[C@H]52)C=C4)[C@H]2CCCC[C@@H]2O1)C=C3. The van der Waals surface area contributed by atoms with Gasteiger partial charge in [-0.25, -0.2) is 9.97 Å². The second-order valence-electron chi connectivity index (χ2n) is 20.0. The van der Waals surface area contributed by atoms with Gasteiger partial charge in [0.15, 0.2) is 0 Å². The lowest BCUT2D eigenvalue weighted by molar-refractivity contribution is -0.155. The molecule has 0 unspecified atom stereocenters. The van der Waals surface area contributed by atoms with E-state index in [0.29, 0.717) is 12.8 Å². The topological polar surface area (TPSA) is 163 Å². The van der Waals surface area contributed by atoms with Crippen molar-refractivity contribution in [2.45, 2.75) is 189 Å². The number of hydrogen-bond donors (Lipinski definition) is 2. The summed E-state index contributed by atoms with van der Waals surface area (Å²) in [5.41, 5.74) is 11.1. The maximum absolute atomic E-state index is 13.6. The maximum atomic E-state index is 13.6. The Bertz CT molecular complexity index is 2610. The van der Waals surface area contributed by atoms with Gasteiger partial charge in [-0.15, -0.1) is 0 Å². The van der Waals surface area contributed by atoms with Gasteiger partial charge in [-0.1, -0.05) is 25.7 Å². The number of nitrogens with one attached hydrogen (secondary N) is 2. The molecular formula is C54H62N4O8. The number of aromatic nitrogens is 4. The van der Waals surface area contributed by atoms with Crippen LogP contribution < -0.4 is 0 Å². The van der Waals surface area contributed by atoms with Crippen LogP contribution in [-0.2, 0) is 38.1 Å². The molecule has 0 saturated heterocycles. The number of ether oxygens (including phenoxy) is 4. The highest BCUT2D eigenvalue weighted by molar-refractivity contribution is 5.85. The quantitative estimate of drug-likeness (QED) is 0.113. The number of fused-ring (bicyclic) bond motifs is 16. The molecule has 11 rings (SSSR count). The average molecular weight is 895 g/mol. The fourth-order valence-corrected chi connectivity index (χ4v) is 12.8. The molecule has 0 aromatic carbocycles. The van der Waals surface area contributed by atoms with Crippen LogP contribution in [0, 0.1) is 0 Å². The summed E-state index contributed by atoms with van der Waals surface area (Å²) in [5, 5.41) is 0. The van der Waals surface area contributed by atoms with Crippen molar-refractivity contribution >= 4 is 70.2 Å².